The summed E-state index contributed by atoms with van der Waals surface area (Å²) in [7, 11) is 0. The summed E-state index contributed by atoms with van der Waals surface area (Å²) in [5, 5.41) is 3.70. The fourth-order valence-corrected chi connectivity index (χ4v) is 3.59. The zero-order valence-electron chi connectivity index (χ0n) is 12.9. The maximum absolute atomic E-state index is 5.70. The van der Waals surface area contributed by atoms with E-state index < -0.39 is 0 Å². The molecule has 4 nitrogen and oxygen atoms in total. The molecule has 20 heavy (non-hydrogen) atoms. The Morgan fingerprint density at radius 2 is 2.20 bits per heavy atom. The minimum atomic E-state index is 0.366. The molecule has 1 N–H and O–H groups in total. The molecule has 0 spiro atoms. The van der Waals surface area contributed by atoms with E-state index in [0.717, 1.165) is 44.9 Å². The fraction of sp³-hybridized carbons (Fsp3) is 1.00. The van der Waals surface area contributed by atoms with Crippen molar-refractivity contribution in [1.82, 2.24) is 10.2 Å². The van der Waals surface area contributed by atoms with Gasteiger partial charge in [0, 0.05) is 37.9 Å². The third-order valence-electron chi connectivity index (χ3n) is 4.87. The van der Waals surface area contributed by atoms with Crippen LogP contribution < -0.4 is 5.32 Å². The lowest BCUT2D eigenvalue weighted by Gasteiger charge is -2.19. The third kappa shape index (κ3) is 4.17. The number of likely N-dealkylation sites (tertiary alicyclic amines) is 1. The van der Waals surface area contributed by atoms with E-state index in [1.807, 2.05) is 0 Å². The van der Waals surface area contributed by atoms with Gasteiger partial charge in [-0.1, -0.05) is 0 Å². The highest BCUT2D eigenvalue weighted by Gasteiger charge is 2.38. The number of nitrogens with one attached hydrogen (secondary N) is 1. The number of nitrogens with zero attached hydrogens (tertiary/aromatic N) is 1. The first kappa shape index (κ1) is 14.8. The summed E-state index contributed by atoms with van der Waals surface area (Å²) in [6.07, 6.45) is 8.02. The van der Waals surface area contributed by atoms with Gasteiger partial charge < -0.3 is 14.8 Å². The predicted octanol–water partition coefficient (Wildman–Crippen LogP) is 1.79. The van der Waals surface area contributed by atoms with Crippen molar-refractivity contribution in [3.05, 3.63) is 0 Å². The van der Waals surface area contributed by atoms with Crippen molar-refractivity contribution in [3.8, 4) is 0 Å². The topological polar surface area (TPSA) is 33.7 Å². The lowest BCUT2D eigenvalue weighted by atomic mass is 10.2. The average molecular weight is 282 g/mol. The zero-order valence-corrected chi connectivity index (χ0v) is 12.9. The van der Waals surface area contributed by atoms with Crippen molar-refractivity contribution >= 4 is 0 Å². The van der Waals surface area contributed by atoms with E-state index >= 15 is 0 Å². The Morgan fingerprint density at radius 3 is 2.95 bits per heavy atom. The van der Waals surface area contributed by atoms with Crippen molar-refractivity contribution in [2.24, 2.45) is 0 Å². The van der Waals surface area contributed by atoms with Crippen LogP contribution in [0.1, 0.15) is 45.4 Å². The van der Waals surface area contributed by atoms with Gasteiger partial charge >= 0.3 is 0 Å². The molecule has 0 radical (unpaired) electrons. The number of hydrogen-bond acceptors (Lipinski definition) is 4. The largest absolute Gasteiger partial charge is 0.379 e. The van der Waals surface area contributed by atoms with Crippen LogP contribution in [0.3, 0.4) is 0 Å². The maximum atomic E-state index is 5.70. The molecule has 0 aromatic heterocycles. The van der Waals surface area contributed by atoms with Crippen molar-refractivity contribution < 1.29 is 9.47 Å². The van der Waals surface area contributed by atoms with Crippen LogP contribution in [-0.4, -0.2) is 62.0 Å². The number of rotatable bonds is 8. The predicted molar refractivity (Wildman–Crippen MR) is 80.0 cm³/mol. The third-order valence-corrected chi connectivity index (χ3v) is 4.87. The van der Waals surface area contributed by atoms with Gasteiger partial charge in [0.15, 0.2) is 0 Å². The molecule has 0 amide bonds. The Morgan fingerprint density at radius 1 is 1.30 bits per heavy atom. The number of ether oxygens (including phenoxy) is 2. The van der Waals surface area contributed by atoms with Gasteiger partial charge in [-0.05, 0) is 52.0 Å². The lowest BCUT2D eigenvalue weighted by Crippen LogP contribution is -2.34. The van der Waals surface area contributed by atoms with E-state index in [1.54, 1.807) is 0 Å². The van der Waals surface area contributed by atoms with Crippen LogP contribution in [0.5, 0.6) is 0 Å². The summed E-state index contributed by atoms with van der Waals surface area (Å²) in [5.41, 5.74) is 0. The molecule has 0 aromatic carbocycles. The highest BCUT2D eigenvalue weighted by molar-refractivity contribution is 4.95. The Kier molecular flexibility index (Phi) is 5.32. The molecule has 3 fully saturated rings. The molecule has 116 valence electrons. The van der Waals surface area contributed by atoms with Crippen LogP contribution in [0, 0.1) is 0 Å². The molecule has 3 rings (SSSR count). The van der Waals surface area contributed by atoms with E-state index in [4.69, 9.17) is 9.47 Å². The van der Waals surface area contributed by atoms with E-state index in [2.05, 4.69) is 17.1 Å². The zero-order chi connectivity index (χ0) is 13.8. The molecule has 4 heteroatoms. The fourth-order valence-electron chi connectivity index (χ4n) is 3.59. The molecule has 1 aliphatic carbocycles. The summed E-state index contributed by atoms with van der Waals surface area (Å²) >= 11 is 0. The second-order valence-corrected chi connectivity index (χ2v) is 6.73. The van der Waals surface area contributed by atoms with Crippen molar-refractivity contribution in [2.45, 2.75) is 69.7 Å². The van der Waals surface area contributed by atoms with E-state index in [0.29, 0.717) is 12.1 Å². The standard InChI is InChI=1S/C16H30N2O2/c1-13-10-14(11-18(13)15-5-6-15)17-7-3-8-19-12-16-4-2-9-20-16/h13-17H,2-12H2,1H3. The minimum absolute atomic E-state index is 0.366. The molecule has 3 unspecified atom stereocenters. The van der Waals surface area contributed by atoms with Crippen molar-refractivity contribution in [1.29, 1.82) is 0 Å². The first-order valence-corrected chi connectivity index (χ1v) is 8.51. The first-order chi connectivity index (χ1) is 9.83. The summed E-state index contributed by atoms with van der Waals surface area (Å²) in [5.74, 6) is 0. The van der Waals surface area contributed by atoms with E-state index in [-0.39, 0.29) is 0 Å². The molecule has 0 aromatic rings. The first-order valence-electron chi connectivity index (χ1n) is 8.51. The maximum Gasteiger partial charge on any atom is 0.0809 e. The quantitative estimate of drug-likeness (QED) is 0.688. The molecule has 3 aliphatic rings. The SMILES string of the molecule is CC1CC(NCCCOCC2CCCO2)CN1C1CC1. The van der Waals surface area contributed by atoms with Gasteiger partial charge in [-0.15, -0.1) is 0 Å². The molecule has 1 saturated carbocycles. The van der Waals surface area contributed by atoms with Gasteiger partial charge in [0.1, 0.15) is 0 Å². The second kappa shape index (κ2) is 7.21. The van der Waals surface area contributed by atoms with Crippen molar-refractivity contribution in [2.75, 3.05) is 32.9 Å². The van der Waals surface area contributed by atoms with Crippen LogP contribution in [0.2, 0.25) is 0 Å². The number of hydrogen-bond donors (Lipinski definition) is 1. The van der Waals surface area contributed by atoms with Crippen LogP contribution in [0.25, 0.3) is 0 Å². The molecular formula is C16H30N2O2. The highest BCUT2D eigenvalue weighted by Crippen LogP contribution is 2.33. The summed E-state index contributed by atoms with van der Waals surface area (Å²) in [4.78, 5) is 2.70. The lowest BCUT2D eigenvalue weighted by molar-refractivity contribution is 0.0165. The smallest absolute Gasteiger partial charge is 0.0809 e. The van der Waals surface area contributed by atoms with Gasteiger partial charge in [0.05, 0.1) is 12.7 Å². The molecular weight excluding hydrogens is 252 g/mol. The molecule has 2 aliphatic heterocycles. The Hall–Kier alpha value is -0.160. The van der Waals surface area contributed by atoms with Crippen molar-refractivity contribution in [3.63, 3.8) is 0 Å². The van der Waals surface area contributed by atoms with Gasteiger partial charge in [0.2, 0.25) is 0 Å². The average Bonchev–Trinajstić information content (AvgIpc) is 3.01. The Balaban J connectivity index is 1.20. The van der Waals surface area contributed by atoms with E-state index in [1.165, 1.54) is 38.6 Å². The minimum Gasteiger partial charge on any atom is -0.379 e. The monoisotopic (exact) mass is 282 g/mol. The van der Waals surface area contributed by atoms with Crippen LogP contribution >= 0.6 is 0 Å². The van der Waals surface area contributed by atoms with Crippen LogP contribution in [0.15, 0.2) is 0 Å². The van der Waals surface area contributed by atoms with Gasteiger partial charge in [-0.2, -0.15) is 0 Å². The summed E-state index contributed by atoms with van der Waals surface area (Å²) in [6.45, 7) is 7.29. The normalized spacial score (nSPS) is 35.0. The molecule has 3 atom stereocenters. The summed E-state index contributed by atoms with van der Waals surface area (Å²) < 4.78 is 11.2. The summed E-state index contributed by atoms with van der Waals surface area (Å²) in [6, 6.07) is 2.38. The molecule has 2 saturated heterocycles. The molecule has 0 bridgehead atoms. The highest BCUT2D eigenvalue weighted by atomic mass is 16.5. The van der Waals surface area contributed by atoms with Gasteiger partial charge in [-0.3, -0.25) is 4.90 Å². The van der Waals surface area contributed by atoms with Gasteiger partial charge in [0.25, 0.3) is 0 Å². The van der Waals surface area contributed by atoms with Crippen LogP contribution in [-0.2, 0) is 9.47 Å². The Labute approximate surface area is 123 Å². The second-order valence-electron chi connectivity index (χ2n) is 6.73. The van der Waals surface area contributed by atoms with Crippen LogP contribution in [0.4, 0.5) is 0 Å². The Bertz CT molecular complexity index is 290. The van der Waals surface area contributed by atoms with E-state index in [9.17, 15) is 0 Å². The van der Waals surface area contributed by atoms with Gasteiger partial charge in [-0.25, -0.2) is 0 Å². The molecule has 2 heterocycles.